The Bertz CT molecular complexity index is 493. The Morgan fingerprint density at radius 1 is 1.16 bits per heavy atom. The molecule has 0 N–H and O–H groups in total. The molecule has 2 rings (SSSR count). The van der Waals surface area contributed by atoms with Crippen LogP contribution in [0.4, 0.5) is 0 Å². The summed E-state index contributed by atoms with van der Waals surface area (Å²) in [6.45, 7) is 11.0. The summed E-state index contributed by atoms with van der Waals surface area (Å²) in [4.78, 5) is 23.8. The number of hydrogen-bond acceptors (Lipinski definition) is 2. The van der Waals surface area contributed by atoms with E-state index in [9.17, 15) is 9.59 Å². The van der Waals surface area contributed by atoms with Crippen molar-refractivity contribution in [2.45, 2.75) is 46.0 Å². The Hall–Kier alpha value is -1.44. The topological polar surface area (TPSA) is 34.1 Å². The molecule has 0 aliphatic heterocycles. The van der Waals surface area contributed by atoms with Crippen molar-refractivity contribution in [2.24, 2.45) is 11.8 Å². The van der Waals surface area contributed by atoms with Crippen molar-refractivity contribution in [3.05, 3.63) is 35.5 Å². The Balaban J connectivity index is 2.14. The minimum Gasteiger partial charge on any atom is -0.295 e. The van der Waals surface area contributed by atoms with Gasteiger partial charge in [0.05, 0.1) is 0 Å². The quantitative estimate of drug-likeness (QED) is 0.536. The average molecular weight is 258 g/mol. The molecule has 102 valence electrons. The number of hydrogen-bond donors (Lipinski definition) is 0. The summed E-state index contributed by atoms with van der Waals surface area (Å²) >= 11 is 0. The van der Waals surface area contributed by atoms with Crippen LogP contribution in [0.15, 0.2) is 35.5 Å². The van der Waals surface area contributed by atoms with Crippen molar-refractivity contribution in [1.82, 2.24) is 0 Å². The molecule has 2 heteroatoms. The fourth-order valence-electron chi connectivity index (χ4n) is 3.31. The van der Waals surface area contributed by atoms with Crippen LogP contribution >= 0.6 is 0 Å². The molecule has 0 saturated heterocycles. The smallest absolute Gasteiger partial charge is 0.162 e. The molecule has 0 amide bonds. The highest BCUT2D eigenvalue weighted by Gasteiger charge is 2.40. The van der Waals surface area contributed by atoms with E-state index in [0.717, 1.165) is 12.8 Å². The van der Waals surface area contributed by atoms with E-state index >= 15 is 0 Å². The molecule has 0 radical (unpaired) electrons. The third-order valence-electron chi connectivity index (χ3n) is 4.50. The lowest BCUT2D eigenvalue weighted by atomic mass is 9.80. The van der Waals surface area contributed by atoms with E-state index in [1.54, 1.807) is 13.8 Å². The molecule has 0 aromatic carbocycles. The van der Waals surface area contributed by atoms with E-state index in [1.165, 1.54) is 17.6 Å². The maximum absolute atomic E-state index is 11.9. The number of fused-ring (bicyclic) bond motifs is 2. The van der Waals surface area contributed by atoms with Crippen LogP contribution in [0.3, 0.4) is 0 Å². The second-order valence-corrected chi connectivity index (χ2v) is 6.03. The van der Waals surface area contributed by atoms with Gasteiger partial charge in [-0.25, -0.2) is 0 Å². The molecule has 0 aromatic rings. The number of carbonyl (C=O) groups is 2. The monoisotopic (exact) mass is 258 g/mol. The van der Waals surface area contributed by atoms with Crippen LogP contribution in [0.5, 0.6) is 0 Å². The number of allylic oxidation sites excluding steroid dienone is 4. The molecule has 2 atom stereocenters. The van der Waals surface area contributed by atoms with Gasteiger partial charge < -0.3 is 0 Å². The van der Waals surface area contributed by atoms with Crippen LogP contribution in [0.2, 0.25) is 0 Å². The second kappa shape index (κ2) is 5.28. The molecule has 1 fully saturated rings. The highest BCUT2D eigenvalue weighted by atomic mass is 16.1. The van der Waals surface area contributed by atoms with E-state index in [1.807, 2.05) is 0 Å². The standard InChI is InChI=1S/C17H22O2/c1-10(2)16(18)8-14-12-5-6-13(7-12)15(14)9-17(19)11(3)4/h12,14H,1,3,5-9H2,2,4H3. The fourth-order valence-corrected chi connectivity index (χ4v) is 3.31. The lowest BCUT2D eigenvalue weighted by Crippen LogP contribution is -2.19. The highest BCUT2D eigenvalue weighted by Crippen LogP contribution is 2.51. The Kier molecular flexibility index (Phi) is 3.88. The van der Waals surface area contributed by atoms with Crippen LogP contribution in [0.25, 0.3) is 0 Å². The summed E-state index contributed by atoms with van der Waals surface area (Å²) < 4.78 is 0. The molecule has 2 bridgehead atoms. The fraction of sp³-hybridized carbons (Fsp3) is 0.529. The number of carbonyl (C=O) groups excluding carboxylic acids is 2. The molecule has 0 aromatic heterocycles. The molecule has 2 aliphatic rings. The van der Waals surface area contributed by atoms with Crippen molar-refractivity contribution in [3.63, 3.8) is 0 Å². The summed E-state index contributed by atoms with van der Waals surface area (Å²) in [5.41, 5.74) is 3.90. The molecule has 2 unspecified atom stereocenters. The van der Waals surface area contributed by atoms with Gasteiger partial charge in [0, 0.05) is 12.8 Å². The van der Waals surface area contributed by atoms with Gasteiger partial charge in [-0.05, 0) is 56.1 Å². The molecule has 0 spiro atoms. The first-order valence-corrected chi connectivity index (χ1v) is 6.98. The van der Waals surface area contributed by atoms with Gasteiger partial charge in [0.15, 0.2) is 11.6 Å². The second-order valence-electron chi connectivity index (χ2n) is 6.03. The SMILES string of the molecule is C=C(C)C(=O)CC1=C2CCC(C2)C1CC(=O)C(=C)C. The predicted octanol–water partition coefficient (Wildman–Crippen LogP) is 3.78. The van der Waals surface area contributed by atoms with E-state index in [2.05, 4.69) is 13.2 Å². The van der Waals surface area contributed by atoms with Crippen molar-refractivity contribution in [3.8, 4) is 0 Å². The molecular weight excluding hydrogens is 236 g/mol. The lowest BCUT2D eigenvalue weighted by molar-refractivity contribution is -0.117. The van der Waals surface area contributed by atoms with Gasteiger partial charge in [0.25, 0.3) is 0 Å². The summed E-state index contributed by atoms with van der Waals surface area (Å²) in [5.74, 6) is 1.10. The van der Waals surface area contributed by atoms with Crippen LogP contribution in [-0.4, -0.2) is 11.6 Å². The van der Waals surface area contributed by atoms with Crippen molar-refractivity contribution < 1.29 is 9.59 Å². The van der Waals surface area contributed by atoms with Crippen LogP contribution in [0, 0.1) is 11.8 Å². The van der Waals surface area contributed by atoms with E-state index in [4.69, 9.17) is 0 Å². The maximum Gasteiger partial charge on any atom is 0.162 e. The molecule has 19 heavy (non-hydrogen) atoms. The summed E-state index contributed by atoms with van der Waals surface area (Å²) in [6, 6.07) is 0. The molecule has 2 aliphatic carbocycles. The third-order valence-corrected chi connectivity index (χ3v) is 4.50. The first-order valence-electron chi connectivity index (χ1n) is 6.98. The zero-order valence-corrected chi connectivity index (χ0v) is 11.9. The predicted molar refractivity (Wildman–Crippen MR) is 76.7 cm³/mol. The number of ketones is 2. The highest BCUT2D eigenvalue weighted by molar-refractivity contribution is 5.97. The minimum absolute atomic E-state index is 0.114. The average Bonchev–Trinajstić information content (AvgIpc) is 2.91. The molecule has 2 nitrogen and oxygen atoms in total. The Morgan fingerprint density at radius 2 is 1.79 bits per heavy atom. The lowest BCUT2D eigenvalue weighted by Gasteiger charge is -2.24. The summed E-state index contributed by atoms with van der Waals surface area (Å²) in [5, 5.41) is 0. The van der Waals surface area contributed by atoms with Crippen molar-refractivity contribution in [2.75, 3.05) is 0 Å². The van der Waals surface area contributed by atoms with Crippen molar-refractivity contribution in [1.29, 1.82) is 0 Å². The number of Topliss-reactive ketones (excluding diaryl/α,β-unsaturated/α-hetero) is 2. The zero-order valence-electron chi connectivity index (χ0n) is 11.9. The van der Waals surface area contributed by atoms with Crippen molar-refractivity contribution >= 4 is 11.6 Å². The van der Waals surface area contributed by atoms with Crippen LogP contribution in [0.1, 0.15) is 46.0 Å². The molecular formula is C17H22O2. The van der Waals surface area contributed by atoms with Gasteiger partial charge >= 0.3 is 0 Å². The van der Waals surface area contributed by atoms with E-state index in [0.29, 0.717) is 29.9 Å². The third kappa shape index (κ3) is 2.78. The van der Waals surface area contributed by atoms with E-state index < -0.39 is 0 Å². The van der Waals surface area contributed by atoms with Gasteiger partial charge in [-0.1, -0.05) is 24.3 Å². The van der Waals surface area contributed by atoms with Gasteiger partial charge in [-0.3, -0.25) is 9.59 Å². The van der Waals surface area contributed by atoms with Crippen LogP contribution in [-0.2, 0) is 9.59 Å². The minimum atomic E-state index is 0.114. The normalized spacial score (nSPS) is 24.7. The Morgan fingerprint density at radius 3 is 2.37 bits per heavy atom. The zero-order chi connectivity index (χ0) is 14.2. The van der Waals surface area contributed by atoms with Gasteiger partial charge in [0.1, 0.15) is 0 Å². The van der Waals surface area contributed by atoms with Crippen LogP contribution < -0.4 is 0 Å². The van der Waals surface area contributed by atoms with E-state index in [-0.39, 0.29) is 17.5 Å². The summed E-state index contributed by atoms with van der Waals surface area (Å²) in [6.07, 6.45) is 4.38. The molecule has 1 saturated carbocycles. The maximum atomic E-state index is 11.9. The first-order chi connectivity index (χ1) is 8.90. The molecule has 0 heterocycles. The summed E-state index contributed by atoms with van der Waals surface area (Å²) in [7, 11) is 0. The van der Waals surface area contributed by atoms with Gasteiger partial charge in [-0.15, -0.1) is 0 Å². The largest absolute Gasteiger partial charge is 0.295 e. The van der Waals surface area contributed by atoms with Gasteiger partial charge in [-0.2, -0.15) is 0 Å². The number of rotatable bonds is 6. The van der Waals surface area contributed by atoms with Gasteiger partial charge in [0.2, 0.25) is 0 Å². The Labute approximate surface area is 115 Å². The first kappa shape index (κ1) is 14.0.